The van der Waals surface area contributed by atoms with E-state index in [1.807, 2.05) is 46.6 Å². The van der Waals surface area contributed by atoms with E-state index in [0.717, 1.165) is 30.8 Å². The molecule has 4 aromatic rings. The number of hydrogen-bond acceptors (Lipinski definition) is 5. The third-order valence-corrected chi connectivity index (χ3v) is 8.84. The van der Waals surface area contributed by atoms with Gasteiger partial charge in [-0.15, -0.1) is 11.3 Å². The second kappa shape index (κ2) is 10.5. The molecule has 1 N–H and O–H groups in total. The summed E-state index contributed by atoms with van der Waals surface area (Å²) in [6.45, 7) is 4.42. The van der Waals surface area contributed by atoms with Crippen LogP contribution in [-0.4, -0.2) is 46.6 Å². The van der Waals surface area contributed by atoms with Crippen molar-refractivity contribution in [3.8, 4) is 5.00 Å². The third kappa shape index (κ3) is 4.84. The largest absolute Gasteiger partial charge is 0.462 e. The number of hydrogen-bond donors (Lipinski definition) is 1. The molecule has 1 atom stereocenters. The SMILES string of the molecule is CCOC(=O)c1cccc(NC(=O)N2Cc3c(sc4c3CCN(C)C4)-n3cccc3[C@@H]2c2ccc(Cl)cc2)c1. The lowest BCUT2D eigenvalue weighted by atomic mass is 10.0. The smallest absolute Gasteiger partial charge is 0.338 e. The number of thiophene rings is 1. The fourth-order valence-corrected chi connectivity index (χ4v) is 7.05. The van der Waals surface area contributed by atoms with E-state index in [-0.39, 0.29) is 18.7 Å². The number of amides is 2. The summed E-state index contributed by atoms with van der Waals surface area (Å²) in [5.41, 5.74) is 5.47. The molecule has 0 spiro atoms. The van der Waals surface area contributed by atoms with Gasteiger partial charge in [-0.3, -0.25) is 0 Å². The first-order valence-electron chi connectivity index (χ1n) is 13.0. The van der Waals surface area contributed by atoms with Crippen molar-refractivity contribution < 1.29 is 14.3 Å². The lowest BCUT2D eigenvalue weighted by Crippen LogP contribution is -2.38. The Morgan fingerprint density at radius 3 is 2.69 bits per heavy atom. The Hall–Kier alpha value is -3.59. The van der Waals surface area contributed by atoms with Gasteiger partial charge < -0.3 is 24.4 Å². The van der Waals surface area contributed by atoms with Gasteiger partial charge in [0.2, 0.25) is 0 Å². The zero-order chi connectivity index (χ0) is 27.1. The number of aromatic nitrogens is 1. The molecule has 0 aliphatic carbocycles. The number of halogens is 1. The molecule has 2 aliphatic rings. The van der Waals surface area contributed by atoms with Crippen LogP contribution < -0.4 is 5.32 Å². The van der Waals surface area contributed by atoms with Crippen LogP contribution in [0.5, 0.6) is 0 Å². The molecule has 4 heterocycles. The number of ether oxygens (including phenoxy) is 1. The van der Waals surface area contributed by atoms with Crippen molar-refractivity contribution in [2.75, 3.05) is 25.5 Å². The Morgan fingerprint density at radius 1 is 1.08 bits per heavy atom. The van der Waals surface area contributed by atoms with Crippen LogP contribution in [0.4, 0.5) is 10.5 Å². The number of urea groups is 1. The standard InChI is InChI=1S/C30H29ClN4O3S/c1-3-38-29(36)20-6-4-7-22(16-20)32-30(37)35-17-24-23-13-15-33(2)18-26(23)39-28(24)34-14-5-8-25(34)27(35)19-9-11-21(31)12-10-19/h4-12,14,16,27H,3,13,15,17-18H2,1-2H3,(H,32,37)/t27-/m0/s1. The van der Waals surface area contributed by atoms with E-state index in [1.165, 1.54) is 21.0 Å². The molecule has 2 aliphatic heterocycles. The van der Waals surface area contributed by atoms with Crippen LogP contribution in [-0.2, 0) is 24.2 Å². The first kappa shape index (κ1) is 25.7. The van der Waals surface area contributed by atoms with E-state index >= 15 is 0 Å². The van der Waals surface area contributed by atoms with Crippen LogP contribution in [0, 0.1) is 0 Å². The molecule has 2 amide bonds. The molecule has 0 saturated heterocycles. The summed E-state index contributed by atoms with van der Waals surface area (Å²) in [4.78, 5) is 32.0. The van der Waals surface area contributed by atoms with Gasteiger partial charge in [0.1, 0.15) is 5.00 Å². The normalized spacial score (nSPS) is 16.6. The summed E-state index contributed by atoms with van der Waals surface area (Å²) in [5, 5.41) is 4.88. The minimum Gasteiger partial charge on any atom is -0.462 e. The van der Waals surface area contributed by atoms with Gasteiger partial charge in [-0.25, -0.2) is 9.59 Å². The van der Waals surface area contributed by atoms with Gasteiger partial charge in [0.15, 0.2) is 0 Å². The summed E-state index contributed by atoms with van der Waals surface area (Å²) < 4.78 is 7.39. The second-order valence-electron chi connectivity index (χ2n) is 9.89. The van der Waals surface area contributed by atoms with Gasteiger partial charge in [0.25, 0.3) is 0 Å². The average molecular weight is 561 g/mol. The Balaban J connectivity index is 1.43. The molecular weight excluding hydrogens is 532 g/mol. The van der Waals surface area contributed by atoms with Crippen molar-refractivity contribution in [1.82, 2.24) is 14.4 Å². The number of nitrogens with one attached hydrogen (secondary N) is 1. The van der Waals surface area contributed by atoms with Crippen LogP contribution >= 0.6 is 22.9 Å². The molecule has 0 saturated carbocycles. The van der Waals surface area contributed by atoms with Gasteiger partial charge >= 0.3 is 12.0 Å². The molecule has 0 fully saturated rings. The maximum Gasteiger partial charge on any atom is 0.338 e. The van der Waals surface area contributed by atoms with Gasteiger partial charge in [-0.1, -0.05) is 29.8 Å². The maximum absolute atomic E-state index is 14.1. The van der Waals surface area contributed by atoms with Crippen LogP contribution in [0.1, 0.15) is 50.6 Å². The molecule has 2 aromatic carbocycles. The van der Waals surface area contributed by atoms with Crippen molar-refractivity contribution in [2.45, 2.75) is 32.5 Å². The Bertz CT molecular complexity index is 1540. The molecule has 0 bridgehead atoms. The minimum atomic E-state index is -0.417. The molecular formula is C30H29ClN4O3S. The highest BCUT2D eigenvalue weighted by molar-refractivity contribution is 7.15. The number of anilines is 1. The van der Waals surface area contributed by atoms with Gasteiger partial charge in [0, 0.05) is 40.4 Å². The number of benzene rings is 2. The molecule has 200 valence electrons. The number of rotatable bonds is 4. The van der Waals surface area contributed by atoms with Crippen molar-refractivity contribution in [1.29, 1.82) is 0 Å². The fraction of sp³-hybridized carbons (Fsp3) is 0.267. The number of esters is 1. The van der Waals surface area contributed by atoms with Crippen molar-refractivity contribution >= 4 is 40.6 Å². The van der Waals surface area contributed by atoms with Crippen molar-refractivity contribution in [3.63, 3.8) is 0 Å². The molecule has 0 unspecified atom stereocenters. The van der Waals surface area contributed by atoms with Crippen molar-refractivity contribution in [2.24, 2.45) is 0 Å². The highest BCUT2D eigenvalue weighted by Crippen LogP contribution is 2.43. The minimum absolute atomic E-state index is 0.246. The number of carbonyl (C=O) groups excluding carboxylic acids is 2. The van der Waals surface area contributed by atoms with E-state index in [1.54, 1.807) is 31.2 Å². The lowest BCUT2D eigenvalue weighted by molar-refractivity contribution is 0.0526. The van der Waals surface area contributed by atoms with E-state index < -0.39 is 5.97 Å². The molecule has 9 heteroatoms. The first-order chi connectivity index (χ1) is 18.9. The highest BCUT2D eigenvalue weighted by atomic mass is 35.5. The van der Waals surface area contributed by atoms with E-state index in [4.69, 9.17) is 16.3 Å². The fourth-order valence-electron chi connectivity index (χ4n) is 5.48. The average Bonchev–Trinajstić information content (AvgIpc) is 3.51. The monoisotopic (exact) mass is 560 g/mol. The second-order valence-corrected chi connectivity index (χ2v) is 11.4. The maximum atomic E-state index is 14.1. The van der Waals surface area contributed by atoms with Crippen molar-refractivity contribution in [3.05, 3.63) is 105 Å². The van der Waals surface area contributed by atoms with Crippen LogP contribution in [0.15, 0.2) is 66.9 Å². The van der Waals surface area contributed by atoms with Crippen LogP contribution in [0.2, 0.25) is 5.02 Å². The molecule has 7 nitrogen and oxygen atoms in total. The summed E-state index contributed by atoms with van der Waals surface area (Å²) in [5.74, 6) is -0.417. The summed E-state index contributed by atoms with van der Waals surface area (Å²) in [6.07, 6.45) is 3.05. The number of nitrogens with zero attached hydrogens (tertiary/aromatic N) is 3. The first-order valence-corrected chi connectivity index (χ1v) is 14.2. The number of likely N-dealkylation sites (N-methyl/N-ethyl adjacent to an activating group) is 1. The Kier molecular flexibility index (Phi) is 6.93. The Morgan fingerprint density at radius 2 is 1.90 bits per heavy atom. The zero-order valence-electron chi connectivity index (χ0n) is 21.8. The zero-order valence-corrected chi connectivity index (χ0v) is 23.4. The van der Waals surface area contributed by atoms with Crippen LogP contribution in [0.25, 0.3) is 5.00 Å². The van der Waals surface area contributed by atoms with Crippen LogP contribution in [0.3, 0.4) is 0 Å². The lowest BCUT2D eigenvalue weighted by Gasteiger charge is -2.32. The predicted molar refractivity (Wildman–Crippen MR) is 154 cm³/mol. The van der Waals surface area contributed by atoms with Gasteiger partial charge in [-0.05, 0) is 74.0 Å². The molecule has 0 radical (unpaired) electrons. The van der Waals surface area contributed by atoms with Gasteiger partial charge in [-0.2, -0.15) is 0 Å². The topological polar surface area (TPSA) is 66.8 Å². The number of fused-ring (bicyclic) bond motifs is 5. The van der Waals surface area contributed by atoms with E-state index in [9.17, 15) is 9.59 Å². The van der Waals surface area contributed by atoms with E-state index in [0.29, 0.717) is 22.8 Å². The third-order valence-electron chi connectivity index (χ3n) is 7.33. The predicted octanol–water partition coefficient (Wildman–Crippen LogP) is 6.49. The quantitative estimate of drug-likeness (QED) is 0.290. The summed E-state index contributed by atoms with van der Waals surface area (Å²) in [6, 6.07) is 18.1. The molecule has 6 rings (SSSR count). The summed E-state index contributed by atoms with van der Waals surface area (Å²) >= 11 is 8.06. The van der Waals surface area contributed by atoms with Gasteiger partial charge in [0.05, 0.1) is 30.5 Å². The summed E-state index contributed by atoms with van der Waals surface area (Å²) in [7, 11) is 2.15. The molecule has 39 heavy (non-hydrogen) atoms. The highest BCUT2D eigenvalue weighted by Gasteiger charge is 2.36. The van der Waals surface area contributed by atoms with E-state index in [2.05, 4.69) is 34.1 Å². The number of carbonyl (C=O) groups is 2. The Labute approximate surface area is 236 Å². The molecule has 2 aromatic heterocycles.